The van der Waals surface area contributed by atoms with Crippen molar-refractivity contribution >= 4 is 33.9 Å². The van der Waals surface area contributed by atoms with Crippen molar-refractivity contribution in [3.05, 3.63) is 97.0 Å². The molecule has 0 unspecified atom stereocenters. The van der Waals surface area contributed by atoms with Crippen molar-refractivity contribution in [2.75, 3.05) is 5.32 Å². The lowest BCUT2D eigenvalue weighted by molar-refractivity contribution is 0.947. The van der Waals surface area contributed by atoms with E-state index in [2.05, 4.69) is 16.4 Å². The standard InChI is InChI=1S/C25H19N5S.CH4/c1-17-8-7-13-23(27-17)24-21(19-14-15-26-22-12-6-5-11-20(19)22)16-30(29-24)25(31)28-18-9-3-2-4-10-18;/h2-16H,1H3,(H,28,31);1H4. The summed E-state index contributed by atoms with van der Waals surface area (Å²) in [6, 6.07) is 25.9. The number of aromatic nitrogens is 4. The smallest absolute Gasteiger partial charge is 0.198 e. The Bertz CT molecular complexity index is 1390. The highest BCUT2D eigenvalue weighted by Crippen LogP contribution is 2.34. The van der Waals surface area contributed by atoms with E-state index in [0.29, 0.717) is 5.11 Å². The van der Waals surface area contributed by atoms with Gasteiger partial charge in [-0.2, -0.15) is 5.10 Å². The van der Waals surface area contributed by atoms with Gasteiger partial charge in [-0.3, -0.25) is 9.97 Å². The number of nitrogens with one attached hydrogen (secondary N) is 1. The van der Waals surface area contributed by atoms with Crippen molar-refractivity contribution in [2.24, 2.45) is 0 Å². The quantitative estimate of drug-likeness (QED) is 0.333. The van der Waals surface area contributed by atoms with Gasteiger partial charge in [0, 0.05) is 34.7 Å². The summed E-state index contributed by atoms with van der Waals surface area (Å²) in [5, 5.41) is 9.63. The number of aryl methyl sites for hydroxylation is 1. The predicted octanol–water partition coefficient (Wildman–Crippen LogP) is 6.35. The van der Waals surface area contributed by atoms with Gasteiger partial charge in [0.1, 0.15) is 5.69 Å². The number of hydrogen-bond acceptors (Lipinski definition) is 4. The zero-order valence-electron chi connectivity index (χ0n) is 16.9. The van der Waals surface area contributed by atoms with E-state index in [1.165, 1.54) is 0 Å². The third-order valence-corrected chi connectivity index (χ3v) is 5.31. The van der Waals surface area contributed by atoms with Crippen LogP contribution < -0.4 is 5.32 Å². The van der Waals surface area contributed by atoms with Gasteiger partial charge in [-0.05, 0) is 61.1 Å². The van der Waals surface area contributed by atoms with E-state index < -0.39 is 0 Å². The second-order valence-electron chi connectivity index (χ2n) is 7.17. The molecule has 0 aliphatic heterocycles. The summed E-state index contributed by atoms with van der Waals surface area (Å²) in [6.45, 7) is 1.98. The first-order valence-corrected chi connectivity index (χ1v) is 10.3. The summed E-state index contributed by atoms with van der Waals surface area (Å²) >= 11 is 5.65. The Morgan fingerprint density at radius 1 is 0.875 bits per heavy atom. The molecular formula is C26H23N5S. The fraction of sp³-hybridized carbons (Fsp3) is 0.0769. The molecule has 0 fully saturated rings. The van der Waals surface area contributed by atoms with Crippen LogP contribution in [-0.2, 0) is 0 Å². The van der Waals surface area contributed by atoms with Crippen molar-refractivity contribution in [2.45, 2.75) is 14.4 Å². The molecule has 32 heavy (non-hydrogen) atoms. The number of thiocarbonyl (C=S) groups is 1. The van der Waals surface area contributed by atoms with Gasteiger partial charge in [0.2, 0.25) is 0 Å². The third kappa shape index (κ3) is 4.13. The molecule has 0 amide bonds. The normalized spacial score (nSPS) is 10.5. The molecule has 0 bridgehead atoms. The number of hydrogen-bond donors (Lipinski definition) is 1. The SMILES string of the molecule is C.Cc1cccc(-c2nn(C(=S)Nc3ccccc3)cc2-c2ccnc3ccccc23)n1. The maximum atomic E-state index is 5.65. The van der Waals surface area contributed by atoms with Crippen LogP contribution in [0.1, 0.15) is 13.1 Å². The molecule has 5 aromatic rings. The molecule has 2 aromatic carbocycles. The summed E-state index contributed by atoms with van der Waals surface area (Å²) in [5.74, 6) is 0. The summed E-state index contributed by atoms with van der Waals surface area (Å²) in [5.41, 5.74) is 6.35. The molecule has 0 saturated carbocycles. The van der Waals surface area contributed by atoms with Crippen LogP contribution in [0.25, 0.3) is 33.4 Å². The van der Waals surface area contributed by atoms with Crippen molar-refractivity contribution in [3.63, 3.8) is 0 Å². The van der Waals surface area contributed by atoms with Crippen molar-refractivity contribution in [1.29, 1.82) is 0 Å². The van der Waals surface area contributed by atoms with E-state index >= 15 is 0 Å². The highest BCUT2D eigenvalue weighted by atomic mass is 32.1. The highest BCUT2D eigenvalue weighted by Gasteiger charge is 2.18. The number of pyridine rings is 2. The minimum Gasteiger partial charge on any atom is -0.331 e. The van der Waals surface area contributed by atoms with Crippen LogP contribution >= 0.6 is 12.2 Å². The molecule has 0 saturated heterocycles. The Labute approximate surface area is 192 Å². The average molecular weight is 438 g/mol. The summed E-state index contributed by atoms with van der Waals surface area (Å²) in [6.07, 6.45) is 3.78. The average Bonchev–Trinajstić information content (AvgIpc) is 3.25. The van der Waals surface area contributed by atoms with Crippen LogP contribution in [0.15, 0.2) is 91.3 Å². The van der Waals surface area contributed by atoms with Gasteiger partial charge < -0.3 is 5.32 Å². The lowest BCUT2D eigenvalue weighted by atomic mass is 10.0. The first-order chi connectivity index (χ1) is 15.2. The van der Waals surface area contributed by atoms with Gasteiger partial charge in [-0.1, -0.05) is 49.9 Å². The van der Waals surface area contributed by atoms with E-state index in [4.69, 9.17) is 22.3 Å². The summed E-state index contributed by atoms with van der Waals surface area (Å²) in [7, 11) is 0. The van der Waals surface area contributed by atoms with Crippen molar-refractivity contribution < 1.29 is 0 Å². The Balaban J connectivity index is 0.00000245. The van der Waals surface area contributed by atoms with E-state index in [0.717, 1.165) is 44.8 Å². The van der Waals surface area contributed by atoms with E-state index in [1.807, 2.05) is 92.1 Å². The van der Waals surface area contributed by atoms with E-state index in [-0.39, 0.29) is 7.43 Å². The Kier molecular flexibility index (Phi) is 6.05. The molecule has 0 radical (unpaired) electrons. The van der Waals surface area contributed by atoms with Crippen molar-refractivity contribution in [1.82, 2.24) is 19.7 Å². The Morgan fingerprint density at radius 2 is 1.66 bits per heavy atom. The molecule has 0 spiro atoms. The topological polar surface area (TPSA) is 55.6 Å². The van der Waals surface area contributed by atoms with Gasteiger partial charge in [-0.25, -0.2) is 4.68 Å². The first kappa shape index (κ1) is 21.3. The van der Waals surface area contributed by atoms with Crippen LogP contribution in [0, 0.1) is 6.92 Å². The monoisotopic (exact) mass is 437 g/mol. The van der Waals surface area contributed by atoms with Crippen LogP contribution in [-0.4, -0.2) is 24.9 Å². The molecule has 6 heteroatoms. The maximum Gasteiger partial charge on any atom is 0.198 e. The van der Waals surface area contributed by atoms with Gasteiger partial charge in [0.05, 0.1) is 11.2 Å². The van der Waals surface area contributed by atoms with Crippen molar-refractivity contribution in [3.8, 4) is 22.5 Å². The number of benzene rings is 2. The first-order valence-electron chi connectivity index (χ1n) is 9.93. The van der Waals surface area contributed by atoms with E-state index in [1.54, 1.807) is 4.68 Å². The second-order valence-corrected chi connectivity index (χ2v) is 7.56. The minimum absolute atomic E-state index is 0. The molecule has 0 atom stereocenters. The number of nitrogens with zero attached hydrogens (tertiary/aromatic N) is 4. The fourth-order valence-electron chi connectivity index (χ4n) is 3.57. The van der Waals surface area contributed by atoms with Crippen LogP contribution in [0.2, 0.25) is 0 Å². The molecule has 3 aromatic heterocycles. The lowest BCUT2D eigenvalue weighted by Crippen LogP contribution is -2.19. The molecule has 5 nitrogen and oxygen atoms in total. The predicted molar refractivity (Wildman–Crippen MR) is 136 cm³/mol. The number of para-hydroxylation sites is 2. The molecular weight excluding hydrogens is 414 g/mol. The minimum atomic E-state index is 0. The van der Waals surface area contributed by atoms with Crippen LogP contribution in [0.5, 0.6) is 0 Å². The number of anilines is 1. The molecule has 3 heterocycles. The molecule has 1 N–H and O–H groups in total. The Morgan fingerprint density at radius 3 is 2.47 bits per heavy atom. The van der Waals surface area contributed by atoms with E-state index in [9.17, 15) is 0 Å². The zero-order chi connectivity index (χ0) is 21.2. The Hall–Kier alpha value is -3.90. The highest BCUT2D eigenvalue weighted by molar-refractivity contribution is 7.80. The number of rotatable bonds is 3. The van der Waals surface area contributed by atoms with Crippen LogP contribution in [0.3, 0.4) is 0 Å². The largest absolute Gasteiger partial charge is 0.331 e. The molecule has 5 rings (SSSR count). The van der Waals surface area contributed by atoms with Gasteiger partial charge in [0.25, 0.3) is 0 Å². The molecule has 158 valence electrons. The second kappa shape index (κ2) is 9.08. The van der Waals surface area contributed by atoms with Gasteiger partial charge in [-0.15, -0.1) is 0 Å². The summed E-state index contributed by atoms with van der Waals surface area (Å²) < 4.78 is 1.70. The fourth-order valence-corrected chi connectivity index (χ4v) is 3.78. The zero-order valence-corrected chi connectivity index (χ0v) is 17.7. The lowest BCUT2D eigenvalue weighted by Gasteiger charge is -2.07. The summed E-state index contributed by atoms with van der Waals surface area (Å²) in [4.78, 5) is 9.21. The van der Waals surface area contributed by atoms with Gasteiger partial charge in [0.15, 0.2) is 5.11 Å². The van der Waals surface area contributed by atoms with Gasteiger partial charge >= 0.3 is 0 Å². The molecule has 0 aliphatic carbocycles. The van der Waals surface area contributed by atoms with Crippen LogP contribution in [0.4, 0.5) is 5.69 Å². The number of fused-ring (bicyclic) bond motifs is 1. The molecule has 0 aliphatic rings. The maximum absolute atomic E-state index is 5.65. The third-order valence-electron chi connectivity index (χ3n) is 5.02.